The average Bonchev–Trinajstić information content (AvgIpc) is 2.53. The Morgan fingerprint density at radius 1 is 0.958 bits per heavy atom. The lowest BCUT2D eigenvalue weighted by Crippen LogP contribution is -2.07. The molecule has 0 unspecified atom stereocenters. The second-order valence-corrected chi connectivity index (χ2v) is 5.33. The van der Waals surface area contributed by atoms with Crippen LogP contribution in [0.3, 0.4) is 0 Å². The van der Waals surface area contributed by atoms with Gasteiger partial charge >= 0.3 is 11.9 Å². The van der Waals surface area contributed by atoms with Crippen molar-refractivity contribution in [3.8, 4) is 17.2 Å². The lowest BCUT2D eigenvalue weighted by molar-refractivity contribution is -0.139. The quantitative estimate of drug-likeness (QED) is 0.274. The zero-order valence-electron chi connectivity index (χ0n) is 13.6. The van der Waals surface area contributed by atoms with E-state index in [4.69, 9.17) is 9.47 Å². The Balaban J connectivity index is 2.18. The predicted molar refractivity (Wildman–Crippen MR) is 86.0 cm³/mol. The van der Waals surface area contributed by atoms with E-state index in [-0.39, 0.29) is 12.2 Å². The molecular formula is C17H22O7. The summed E-state index contributed by atoms with van der Waals surface area (Å²) in [6, 6.07) is 2.04. The standard InChI is InChI=1S/C17H22O7/c1-11(2)16(21)23-7-5-3-4-6-8-24-17(22)12-9-13(18)15(20)14(19)10-12/h9-10,18-20H,1,3-8H2,2H3. The molecule has 0 amide bonds. The summed E-state index contributed by atoms with van der Waals surface area (Å²) in [5.41, 5.74) is 0.322. The van der Waals surface area contributed by atoms with Gasteiger partial charge in [0.05, 0.1) is 18.8 Å². The van der Waals surface area contributed by atoms with Crippen LogP contribution in [0, 0.1) is 0 Å². The second kappa shape index (κ2) is 9.44. The molecule has 0 aliphatic rings. The lowest BCUT2D eigenvalue weighted by atomic mass is 10.2. The molecule has 0 spiro atoms. The van der Waals surface area contributed by atoms with E-state index in [0.29, 0.717) is 25.0 Å². The Morgan fingerprint density at radius 2 is 1.46 bits per heavy atom. The van der Waals surface area contributed by atoms with Crippen LogP contribution in [-0.2, 0) is 14.3 Å². The van der Waals surface area contributed by atoms with E-state index in [1.165, 1.54) is 0 Å². The van der Waals surface area contributed by atoms with Crippen LogP contribution in [0.25, 0.3) is 0 Å². The van der Waals surface area contributed by atoms with E-state index in [1.54, 1.807) is 6.92 Å². The average molecular weight is 338 g/mol. The molecule has 0 aliphatic carbocycles. The number of rotatable bonds is 9. The zero-order valence-corrected chi connectivity index (χ0v) is 13.6. The molecule has 1 rings (SSSR count). The first-order valence-corrected chi connectivity index (χ1v) is 7.57. The van der Waals surface area contributed by atoms with Crippen LogP contribution in [0.4, 0.5) is 0 Å². The summed E-state index contributed by atoms with van der Waals surface area (Å²) in [4.78, 5) is 22.9. The minimum Gasteiger partial charge on any atom is -0.504 e. The Morgan fingerprint density at radius 3 is 1.96 bits per heavy atom. The van der Waals surface area contributed by atoms with Gasteiger partial charge in [0.15, 0.2) is 17.2 Å². The number of aromatic hydroxyl groups is 3. The maximum absolute atomic E-state index is 11.7. The number of ether oxygens (including phenoxy) is 2. The molecule has 0 atom stereocenters. The number of hydrogen-bond donors (Lipinski definition) is 3. The van der Waals surface area contributed by atoms with Crippen LogP contribution in [0.5, 0.6) is 17.2 Å². The number of unbranched alkanes of at least 4 members (excludes halogenated alkanes) is 3. The first kappa shape index (κ1) is 19.3. The molecule has 132 valence electrons. The molecule has 0 fully saturated rings. The number of hydrogen-bond acceptors (Lipinski definition) is 7. The Hall–Kier alpha value is -2.70. The molecule has 1 aromatic carbocycles. The smallest absolute Gasteiger partial charge is 0.338 e. The lowest BCUT2D eigenvalue weighted by Gasteiger charge is -2.07. The summed E-state index contributed by atoms with van der Waals surface area (Å²) in [6.07, 6.45) is 2.97. The van der Waals surface area contributed by atoms with Crippen LogP contribution in [-0.4, -0.2) is 40.5 Å². The monoisotopic (exact) mass is 338 g/mol. The van der Waals surface area contributed by atoms with E-state index in [0.717, 1.165) is 25.0 Å². The van der Waals surface area contributed by atoms with Crippen molar-refractivity contribution in [2.75, 3.05) is 13.2 Å². The van der Waals surface area contributed by atoms with E-state index in [2.05, 4.69) is 6.58 Å². The van der Waals surface area contributed by atoms with E-state index in [9.17, 15) is 24.9 Å². The van der Waals surface area contributed by atoms with Crippen LogP contribution in [0.2, 0.25) is 0 Å². The van der Waals surface area contributed by atoms with Gasteiger partial charge in [-0.3, -0.25) is 0 Å². The molecule has 0 aliphatic heterocycles. The summed E-state index contributed by atoms with van der Waals surface area (Å²) < 4.78 is 9.96. The van der Waals surface area contributed by atoms with Crippen LogP contribution < -0.4 is 0 Å². The molecule has 7 nitrogen and oxygen atoms in total. The predicted octanol–water partition coefficient (Wildman–Crippen LogP) is 2.64. The van der Waals surface area contributed by atoms with Crippen LogP contribution in [0.15, 0.2) is 24.3 Å². The summed E-state index contributed by atoms with van der Waals surface area (Å²) in [5, 5.41) is 27.9. The molecule has 0 saturated heterocycles. The second-order valence-electron chi connectivity index (χ2n) is 5.33. The van der Waals surface area contributed by atoms with Gasteiger partial charge in [-0.25, -0.2) is 9.59 Å². The van der Waals surface area contributed by atoms with Crippen molar-refractivity contribution in [2.45, 2.75) is 32.6 Å². The molecule has 1 aromatic rings. The third-order valence-electron chi connectivity index (χ3n) is 3.16. The minimum atomic E-state index is -0.698. The fraction of sp³-hybridized carbons (Fsp3) is 0.412. The third-order valence-corrected chi connectivity index (χ3v) is 3.16. The Labute approximate surface area is 140 Å². The van der Waals surface area contributed by atoms with Gasteiger partial charge in [0.25, 0.3) is 0 Å². The molecule has 3 N–H and O–H groups in total. The minimum absolute atomic E-state index is 0.0468. The van der Waals surface area contributed by atoms with Gasteiger partial charge in [-0.2, -0.15) is 0 Å². The number of esters is 2. The van der Waals surface area contributed by atoms with Crippen molar-refractivity contribution in [3.05, 3.63) is 29.8 Å². The molecule has 0 heterocycles. The van der Waals surface area contributed by atoms with Gasteiger partial charge in [0, 0.05) is 5.57 Å². The summed E-state index contributed by atoms with van der Waals surface area (Å²) in [6.45, 7) is 5.59. The number of phenols is 3. The number of carbonyl (C=O) groups excluding carboxylic acids is 2. The fourth-order valence-electron chi connectivity index (χ4n) is 1.82. The highest BCUT2D eigenvalue weighted by Gasteiger charge is 2.14. The summed E-state index contributed by atoms with van der Waals surface area (Å²) >= 11 is 0. The van der Waals surface area contributed by atoms with Crippen molar-refractivity contribution in [1.29, 1.82) is 0 Å². The van der Waals surface area contributed by atoms with E-state index in [1.807, 2.05) is 0 Å². The third kappa shape index (κ3) is 6.20. The van der Waals surface area contributed by atoms with Crippen molar-refractivity contribution in [3.63, 3.8) is 0 Å². The largest absolute Gasteiger partial charge is 0.504 e. The van der Waals surface area contributed by atoms with Gasteiger partial charge in [0.2, 0.25) is 0 Å². The normalized spacial score (nSPS) is 10.2. The van der Waals surface area contributed by atoms with Gasteiger partial charge in [-0.1, -0.05) is 6.58 Å². The number of carbonyl (C=O) groups is 2. The van der Waals surface area contributed by atoms with Gasteiger partial charge in [-0.15, -0.1) is 0 Å². The van der Waals surface area contributed by atoms with Gasteiger partial charge in [-0.05, 0) is 44.7 Å². The molecule has 0 saturated carbocycles. The zero-order chi connectivity index (χ0) is 18.1. The number of phenolic OH excluding ortho intramolecular Hbond substituents is 3. The number of benzene rings is 1. The molecule has 0 bridgehead atoms. The highest BCUT2D eigenvalue weighted by molar-refractivity contribution is 5.91. The topological polar surface area (TPSA) is 113 Å². The SMILES string of the molecule is C=C(C)C(=O)OCCCCCCOC(=O)c1cc(O)c(O)c(O)c1. The van der Waals surface area contributed by atoms with Crippen molar-refractivity contribution < 1.29 is 34.4 Å². The Kier molecular flexibility index (Phi) is 7.61. The highest BCUT2D eigenvalue weighted by Crippen LogP contribution is 2.35. The van der Waals surface area contributed by atoms with Crippen molar-refractivity contribution >= 4 is 11.9 Å². The molecule has 0 radical (unpaired) electrons. The first-order chi connectivity index (χ1) is 11.3. The molecule has 0 aromatic heterocycles. The van der Waals surface area contributed by atoms with Crippen molar-refractivity contribution in [2.24, 2.45) is 0 Å². The first-order valence-electron chi connectivity index (χ1n) is 7.57. The van der Waals surface area contributed by atoms with E-state index < -0.39 is 29.2 Å². The van der Waals surface area contributed by atoms with Crippen molar-refractivity contribution in [1.82, 2.24) is 0 Å². The van der Waals surface area contributed by atoms with Crippen LogP contribution in [0.1, 0.15) is 43.0 Å². The molecule has 24 heavy (non-hydrogen) atoms. The fourth-order valence-corrected chi connectivity index (χ4v) is 1.82. The molecular weight excluding hydrogens is 316 g/mol. The highest BCUT2D eigenvalue weighted by atomic mass is 16.5. The van der Waals surface area contributed by atoms with Gasteiger partial charge in [0.1, 0.15) is 0 Å². The van der Waals surface area contributed by atoms with Gasteiger partial charge < -0.3 is 24.8 Å². The molecule has 7 heteroatoms. The van der Waals surface area contributed by atoms with E-state index >= 15 is 0 Å². The Bertz CT molecular complexity index is 584. The van der Waals surface area contributed by atoms with Crippen LogP contribution >= 0.6 is 0 Å². The summed E-state index contributed by atoms with van der Waals surface area (Å²) in [7, 11) is 0. The maximum Gasteiger partial charge on any atom is 0.338 e. The summed E-state index contributed by atoms with van der Waals surface area (Å²) in [5.74, 6) is -2.96. The maximum atomic E-state index is 11.7.